The third kappa shape index (κ3) is 3.45. The van der Waals surface area contributed by atoms with Gasteiger partial charge in [-0.3, -0.25) is 9.59 Å². The molecule has 0 radical (unpaired) electrons. The number of ether oxygens (including phenoxy) is 2. The van der Waals surface area contributed by atoms with Gasteiger partial charge in [-0.2, -0.15) is 0 Å². The van der Waals surface area contributed by atoms with Crippen molar-refractivity contribution in [3.05, 3.63) is 12.2 Å². The normalized spacial score (nSPS) is 50.1. The van der Waals surface area contributed by atoms with Crippen LogP contribution in [0.3, 0.4) is 0 Å². The van der Waals surface area contributed by atoms with E-state index in [9.17, 15) is 9.59 Å². The summed E-state index contributed by atoms with van der Waals surface area (Å²) in [6.07, 6.45) is 11.1. The van der Waals surface area contributed by atoms with Gasteiger partial charge < -0.3 is 9.47 Å². The average Bonchev–Trinajstić information content (AvgIpc) is 3.22. The molecule has 0 amide bonds. The Kier molecular flexibility index (Phi) is 6.33. The van der Waals surface area contributed by atoms with Crippen molar-refractivity contribution in [1.82, 2.24) is 0 Å². The highest BCUT2D eigenvalue weighted by atomic mass is 16.5. The van der Waals surface area contributed by atoms with Crippen LogP contribution in [0.25, 0.3) is 0 Å². The minimum absolute atomic E-state index is 0.0130. The zero-order valence-corrected chi connectivity index (χ0v) is 24.9. The summed E-state index contributed by atoms with van der Waals surface area (Å²) in [5, 5.41) is 0. The maximum absolute atomic E-state index is 13.4. The zero-order chi connectivity index (χ0) is 27.2. The second kappa shape index (κ2) is 8.59. The molecule has 0 heterocycles. The Morgan fingerprint density at radius 3 is 2.11 bits per heavy atom. The highest BCUT2D eigenvalue weighted by molar-refractivity contribution is 5.78. The maximum Gasteiger partial charge on any atom is 0.312 e. The molecule has 37 heavy (non-hydrogen) atoms. The highest BCUT2D eigenvalue weighted by Gasteiger charge is 2.72. The first-order chi connectivity index (χ1) is 17.2. The Hall–Kier alpha value is -1.32. The van der Waals surface area contributed by atoms with E-state index in [1.54, 1.807) is 14.0 Å². The van der Waals surface area contributed by atoms with Crippen molar-refractivity contribution in [2.24, 2.45) is 56.7 Å². The molecule has 5 fully saturated rings. The van der Waals surface area contributed by atoms with Crippen molar-refractivity contribution in [3.8, 4) is 0 Å². The van der Waals surface area contributed by atoms with Gasteiger partial charge in [0.05, 0.1) is 12.5 Å². The predicted octanol–water partition coefficient (Wildman–Crippen LogP) is 7.75. The van der Waals surface area contributed by atoms with Gasteiger partial charge in [0, 0.05) is 12.3 Å². The first-order valence-electron chi connectivity index (χ1n) is 15.1. The third-order valence-corrected chi connectivity index (χ3v) is 13.9. The molecule has 0 unspecified atom stereocenters. The fourth-order valence-electron chi connectivity index (χ4n) is 12.1. The third-order valence-electron chi connectivity index (χ3n) is 13.9. The van der Waals surface area contributed by atoms with Gasteiger partial charge in [0.25, 0.3) is 0 Å². The van der Waals surface area contributed by atoms with Crippen LogP contribution in [0.4, 0.5) is 0 Å². The molecule has 0 spiro atoms. The van der Waals surface area contributed by atoms with Crippen LogP contribution in [-0.4, -0.2) is 25.2 Å². The number of hydrogen-bond donors (Lipinski definition) is 0. The largest absolute Gasteiger partial charge is 0.469 e. The van der Waals surface area contributed by atoms with Crippen LogP contribution in [0, 0.1) is 56.7 Å². The molecule has 0 aromatic heterocycles. The Morgan fingerprint density at radius 1 is 0.784 bits per heavy atom. The summed E-state index contributed by atoms with van der Waals surface area (Å²) < 4.78 is 11.4. The molecule has 0 N–H and O–H groups in total. The van der Waals surface area contributed by atoms with Gasteiger partial charge in [-0.1, -0.05) is 46.8 Å². The second-order valence-corrected chi connectivity index (χ2v) is 15.3. The van der Waals surface area contributed by atoms with Crippen molar-refractivity contribution in [3.63, 3.8) is 0 Å². The lowest BCUT2D eigenvalue weighted by molar-refractivity contribution is -0.250. The molecule has 0 aromatic rings. The van der Waals surface area contributed by atoms with Crippen LogP contribution in [0.5, 0.6) is 0 Å². The number of rotatable bonds is 3. The van der Waals surface area contributed by atoms with E-state index in [0.29, 0.717) is 29.6 Å². The molecule has 0 aromatic carbocycles. The molecule has 5 aliphatic rings. The highest BCUT2D eigenvalue weighted by Crippen LogP contribution is 2.77. The fourth-order valence-corrected chi connectivity index (χ4v) is 12.1. The molecule has 0 aliphatic heterocycles. The Balaban J connectivity index is 1.52. The maximum atomic E-state index is 13.4. The molecule has 5 rings (SSSR count). The molecule has 10 atom stereocenters. The van der Waals surface area contributed by atoms with Crippen LogP contribution in [0.2, 0.25) is 0 Å². The number of carbonyl (C=O) groups excluding carboxylic acids is 2. The monoisotopic (exact) mass is 512 g/mol. The first-order valence-corrected chi connectivity index (χ1v) is 15.1. The summed E-state index contributed by atoms with van der Waals surface area (Å²) >= 11 is 0. The first kappa shape index (κ1) is 27.3. The summed E-state index contributed by atoms with van der Waals surface area (Å²) in [5.74, 6) is 2.43. The fraction of sp³-hybridized carbons (Fsp3) is 0.879. The summed E-state index contributed by atoms with van der Waals surface area (Å²) in [4.78, 5) is 25.3. The standard InChI is InChI=1S/C33H52O4/c1-20(2)22-12-17-33(28(35)36-9)19-18-31(7)23(27(22)33)10-11-25-30(6)15-14-26(37-21(3)34)29(4,5)24(30)13-16-32(25,31)8/h22-27H,1,10-19H2,2-9H3/t22-,23-,24-,25+,26-,27+,30-,31+,32+,33+/m0/s1. The van der Waals surface area contributed by atoms with Crippen LogP contribution in [-0.2, 0) is 19.1 Å². The molecular formula is C33H52O4. The predicted molar refractivity (Wildman–Crippen MR) is 147 cm³/mol. The lowest BCUT2D eigenvalue weighted by Crippen LogP contribution is -2.67. The minimum atomic E-state index is -0.322. The molecule has 4 nitrogen and oxygen atoms in total. The molecular weight excluding hydrogens is 460 g/mol. The average molecular weight is 513 g/mol. The van der Waals surface area contributed by atoms with E-state index in [1.807, 2.05) is 0 Å². The molecule has 208 valence electrons. The summed E-state index contributed by atoms with van der Waals surface area (Å²) in [5.41, 5.74) is 1.63. The zero-order valence-electron chi connectivity index (χ0n) is 24.9. The molecule has 5 aliphatic carbocycles. The van der Waals surface area contributed by atoms with Crippen molar-refractivity contribution < 1.29 is 19.1 Å². The van der Waals surface area contributed by atoms with Crippen LogP contribution in [0.15, 0.2) is 12.2 Å². The van der Waals surface area contributed by atoms with Gasteiger partial charge in [0.2, 0.25) is 0 Å². The van der Waals surface area contributed by atoms with Gasteiger partial charge in [0.1, 0.15) is 6.10 Å². The van der Waals surface area contributed by atoms with Crippen molar-refractivity contribution in [1.29, 1.82) is 0 Å². The van der Waals surface area contributed by atoms with E-state index < -0.39 is 0 Å². The van der Waals surface area contributed by atoms with Crippen molar-refractivity contribution >= 4 is 11.9 Å². The van der Waals surface area contributed by atoms with Crippen molar-refractivity contribution in [2.75, 3.05) is 7.11 Å². The molecule has 0 saturated heterocycles. The van der Waals surface area contributed by atoms with Gasteiger partial charge in [0.15, 0.2) is 0 Å². The second-order valence-electron chi connectivity index (χ2n) is 15.3. The topological polar surface area (TPSA) is 52.6 Å². The van der Waals surface area contributed by atoms with Gasteiger partial charge >= 0.3 is 11.9 Å². The lowest BCUT2D eigenvalue weighted by Gasteiger charge is -2.72. The van der Waals surface area contributed by atoms with Crippen LogP contribution in [0.1, 0.15) is 113 Å². The smallest absolute Gasteiger partial charge is 0.312 e. The van der Waals surface area contributed by atoms with E-state index >= 15 is 0 Å². The Morgan fingerprint density at radius 2 is 1.49 bits per heavy atom. The molecule has 0 bridgehead atoms. The number of fused-ring (bicyclic) bond motifs is 7. The van der Waals surface area contributed by atoms with E-state index in [1.165, 1.54) is 31.3 Å². The van der Waals surface area contributed by atoms with E-state index in [4.69, 9.17) is 9.47 Å². The number of hydrogen-bond acceptors (Lipinski definition) is 4. The number of esters is 2. The molecule has 5 saturated carbocycles. The Labute approximate surface area is 225 Å². The van der Waals surface area contributed by atoms with Gasteiger partial charge in [-0.25, -0.2) is 0 Å². The number of methoxy groups -OCH3 is 1. The Bertz CT molecular complexity index is 983. The quantitative estimate of drug-likeness (QED) is 0.286. The minimum Gasteiger partial charge on any atom is -0.469 e. The van der Waals surface area contributed by atoms with E-state index in [2.05, 4.69) is 48.1 Å². The van der Waals surface area contributed by atoms with Crippen molar-refractivity contribution in [2.45, 2.75) is 119 Å². The summed E-state index contributed by atoms with van der Waals surface area (Å²) in [7, 11) is 1.59. The van der Waals surface area contributed by atoms with E-state index in [-0.39, 0.29) is 45.1 Å². The van der Waals surface area contributed by atoms with E-state index in [0.717, 1.165) is 38.5 Å². The summed E-state index contributed by atoms with van der Waals surface area (Å²) in [6, 6.07) is 0. The SMILES string of the molecule is C=C(C)[C@@H]1CC[C@@]2(C(=O)OC)CC[C@]3(C)[C@@H](CC[C@@H]4[C@@]5(C)CC[C@H](OC(C)=O)C(C)(C)[C@@H]5CC[C@]43C)[C@@H]12. The van der Waals surface area contributed by atoms with Gasteiger partial charge in [-0.15, -0.1) is 0 Å². The van der Waals surface area contributed by atoms with Crippen LogP contribution < -0.4 is 0 Å². The molecule has 4 heteroatoms. The number of carbonyl (C=O) groups is 2. The summed E-state index contributed by atoms with van der Waals surface area (Å²) in [6.45, 7) is 20.7. The number of allylic oxidation sites excluding steroid dienone is 1. The van der Waals surface area contributed by atoms with Crippen LogP contribution >= 0.6 is 0 Å². The lowest BCUT2D eigenvalue weighted by atomic mass is 9.32. The van der Waals surface area contributed by atoms with Gasteiger partial charge in [-0.05, 0) is 117 Å².